The van der Waals surface area contributed by atoms with Crippen LogP contribution in [0.4, 0.5) is 0 Å². The lowest BCUT2D eigenvalue weighted by molar-refractivity contribution is -0.149. The van der Waals surface area contributed by atoms with Gasteiger partial charge in [-0.15, -0.1) is 6.42 Å². The molecule has 10 atom stereocenters. The highest BCUT2D eigenvalue weighted by atomic mass is 16.5. The van der Waals surface area contributed by atoms with Gasteiger partial charge in [0.15, 0.2) is 0 Å². The largest absolute Gasteiger partial charge is 0.481 e. The first-order chi connectivity index (χ1) is 45.1. The van der Waals surface area contributed by atoms with Crippen LogP contribution in [0.5, 0.6) is 0 Å². The molecule has 0 bridgehead atoms. The average molecular weight is 1340 g/mol. The summed E-state index contributed by atoms with van der Waals surface area (Å²) in [5.74, 6) is -5.79. The Morgan fingerprint density at radius 1 is 0.684 bits per heavy atom. The Hall–Kier alpha value is -7.74. The molecule has 28 nitrogen and oxygen atoms in total. The van der Waals surface area contributed by atoms with Gasteiger partial charge in [0.05, 0.1) is 76.6 Å². The number of ether oxygens (including phenoxy) is 5. The summed E-state index contributed by atoms with van der Waals surface area (Å²) in [5.41, 5.74) is 0.834. The van der Waals surface area contributed by atoms with Crippen LogP contribution in [-0.4, -0.2) is 245 Å². The van der Waals surface area contributed by atoms with Crippen LogP contribution in [0.3, 0.4) is 0 Å². The van der Waals surface area contributed by atoms with Crippen LogP contribution in [0.25, 0.3) is 0 Å². The Bertz CT molecular complexity index is 2680. The van der Waals surface area contributed by atoms with Gasteiger partial charge in [-0.1, -0.05) is 85.2 Å². The highest BCUT2D eigenvalue weighted by Crippen LogP contribution is 2.30. The lowest BCUT2D eigenvalue weighted by Crippen LogP contribution is -2.60. The van der Waals surface area contributed by atoms with E-state index in [1.807, 2.05) is 50.1 Å². The second-order valence-corrected chi connectivity index (χ2v) is 24.6. The molecule has 28 heteroatoms. The fourth-order valence-corrected chi connectivity index (χ4v) is 11.3. The number of likely N-dealkylation sites (tertiary alicyclic amines) is 1. The predicted octanol–water partition coefficient (Wildman–Crippen LogP) is 1.59. The number of nitrogens with one attached hydrogen (secondary N) is 6. The number of nitrogens with zero attached hydrogens (tertiary/aromatic N) is 4. The number of carbonyl (C=O) groups excluding carboxylic acids is 11. The second kappa shape index (κ2) is 44.8. The van der Waals surface area contributed by atoms with Crippen LogP contribution < -0.4 is 31.9 Å². The first kappa shape index (κ1) is 83.4. The Kier molecular flexibility index (Phi) is 39.3. The van der Waals surface area contributed by atoms with E-state index in [2.05, 4.69) is 31.9 Å². The van der Waals surface area contributed by atoms with Gasteiger partial charge in [0, 0.05) is 99.7 Å². The van der Waals surface area contributed by atoms with Crippen molar-refractivity contribution in [2.24, 2.45) is 23.7 Å². The first-order valence-electron chi connectivity index (χ1n) is 32.9. The number of esters is 1. The van der Waals surface area contributed by atoms with Crippen LogP contribution in [-0.2, 0) is 87.6 Å². The number of terminal acetylenes is 1. The molecule has 1 aromatic carbocycles. The molecule has 1 aliphatic heterocycles. The molecule has 7 N–H and O–H groups in total. The van der Waals surface area contributed by atoms with E-state index in [9.17, 15) is 57.5 Å². The van der Waals surface area contributed by atoms with E-state index >= 15 is 0 Å². The van der Waals surface area contributed by atoms with Gasteiger partial charge in [0.25, 0.3) is 5.91 Å². The molecule has 0 aromatic heterocycles. The molecular weight excluding hydrogens is 1230 g/mol. The fourth-order valence-electron chi connectivity index (χ4n) is 11.3. The Labute approximate surface area is 560 Å². The van der Waals surface area contributed by atoms with Crippen molar-refractivity contribution in [1.29, 1.82) is 0 Å². The molecule has 10 amide bonds. The van der Waals surface area contributed by atoms with Crippen molar-refractivity contribution in [1.82, 2.24) is 51.5 Å². The Morgan fingerprint density at radius 3 is 1.91 bits per heavy atom. The molecular formula is C67H108N10O18. The van der Waals surface area contributed by atoms with E-state index in [4.69, 9.17) is 35.2 Å². The minimum Gasteiger partial charge on any atom is -0.481 e. The highest BCUT2D eigenvalue weighted by Gasteiger charge is 2.44. The van der Waals surface area contributed by atoms with Gasteiger partial charge in [-0.3, -0.25) is 52.7 Å². The van der Waals surface area contributed by atoms with Gasteiger partial charge in [-0.2, -0.15) is 0 Å². The fraction of sp³-hybridized carbons (Fsp3) is 0.701. The normalized spacial score (nSPS) is 15.6. The van der Waals surface area contributed by atoms with Crippen molar-refractivity contribution in [2.45, 2.75) is 181 Å². The summed E-state index contributed by atoms with van der Waals surface area (Å²) >= 11 is 0. The molecule has 1 fully saturated rings. The number of rotatable bonds is 46. The third-order valence-corrected chi connectivity index (χ3v) is 16.9. The topological polar surface area (TPSA) is 356 Å². The number of carboxylic acids is 1. The van der Waals surface area contributed by atoms with E-state index in [-0.39, 0.29) is 152 Å². The zero-order valence-corrected chi connectivity index (χ0v) is 58.1. The lowest BCUT2D eigenvalue weighted by Gasteiger charge is -2.41. The molecule has 1 saturated heterocycles. The predicted molar refractivity (Wildman–Crippen MR) is 352 cm³/mol. The van der Waals surface area contributed by atoms with E-state index in [1.54, 1.807) is 51.5 Å². The van der Waals surface area contributed by atoms with E-state index in [0.717, 1.165) is 5.56 Å². The zero-order valence-electron chi connectivity index (χ0n) is 58.1. The maximum atomic E-state index is 14.7. The molecule has 0 radical (unpaired) electrons. The molecule has 1 aromatic rings. The number of methoxy groups -OCH3 is 3. The summed E-state index contributed by atoms with van der Waals surface area (Å²) in [5, 5.41) is 25.3. The van der Waals surface area contributed by atoms with Gasteiger partial charge in [-0.25, -0.2) is 4.79 Å². The maximum absolute atomic E-state index is 14.7. The molecule has 1 heterocycles. The van der Waals surface area contributed by atoms with Crippen molar-refractivity contribution >= 4 is 71.0 Å². The van der Waals surface area contributed by atoms with Crippen molar-refractivity contribution in [3.05, 3.63) is 35.9 Å². The van der Waals surface area contributed by atoms with E-state index in [0.29, 0.717) is 25.8 Å². The summed E-state index contributed by atoms with van der Waals surface area (Å²) < 4.78 is 28.0. The molecule has 1 unspecified atom stereocenters. The van der Waals surface area contributed by atoms with Crippen molar-refractivity contribution in [3.8, 4) is 12.3 Å². The van der Waals surface area contributed by atoms with Gasteiger partial charge in [0.1, 0.15) is 24.2 Å². The van der Waals surface area contributed by atoms with E-state index in [1.165, 1.54) is 45.1 Å². The number of aliphatic carboxylic acids is 1. The summed E-state index contributed by atoms with van der Waals surface area (Å²) in [6, 6.07) is 4.27. The minimum atomic E-state index is -1.10. The van der Waals surface area contributed by atoms with Gasteiger partial charge in [0.2, 0.25) is 53.2 Å². The zero-order chi connectivity index (χ0) is 71.3. The lowest BCUT2D eigenvalue weighted by atomic mass is 9.89. The maximum Gasteiger partial charge on any atom is 0.328 e. The molecule has 2 rings (SSSR count). The molecule has 534 valence electrons. The van der Waals surface area contributed by atoms with Crippen LogP contribution in [0.2, 0.25) is 0 Å². The van der Waals surface area contributed by atoms with Gasteiger partial charge >= 0.3 is 11.9 Å². The van der Waals surface area contributed by atoms with Crippen molar-refractivity contribution in [2.75, 3.05) is 101 Å². The summed E-state index contributed by atoms with van der Waals surface area (Å²) in [6.45, 7) is 15.6. The summed E-state index contributed by atoms with van der Waals surface area (Å²) in [6.07, 6.45) is 5.51. The number of hydrogen-bond donors (Lipinski definition) is 7. The number of carbonyl (C=O) groups is 12. The number of amides is 10. The summed E-state index contributed by atoms with van der Waals surface area (Å²) in [7, 11) is 7.39. The average Bonchev–Trinajstić information content (AvgIpc) is 1.81. The Morgan fingerprint density at radius 2 is 1.32 bits per heavy atom. The van der Waals surface area contributed by atoms with Crippen LogP contribution in [0.15, 0.2) is 30.3 Å². The van der Waals surface area contributed by atoms with E-state index < -0.39 is 108 Å². The third kappa shape index (κ3) is 29.4. The third-order valence-electron chi connectivity index (χ3n) is 16.9. The summed E-state index contributed by atoms with van der Waals surface area (Å²) in [4.78, 5) is 163. The SMILES string of the molecule is C#CC(=O)NCCCC(=O)N(CCC(=O)O)CCC(=O)NCCOCCOCCC(=O)NC(C)C(=O)NCCCC(=O)N(C)[C@H](C(=O)N[C@H](C(=O)N(C)[C@@H]([C@@H](C)CC)[C@@H](CC(=O)N1CCC[C@H]1[C@H](OC)[C@@H](C)C(=O)N[C@@H](Cc1ccccc1)C(=O)OC)OC)C(C)C)C(C)C. The molecule has 0 spiro atoms. The monoisotopic (exact) mass is 1340 g/mol. The number of hydrogen-bond acceptors (Lipinski definition) is 17. The molecule has 1 aliphatic rings. The number of carboxylic acid groups (broad SMARTS) is 1. The first-order valence-corrected chi connectivity index (χ1v) is 32.9. The Balaban J connectivity index is 1.90. The molecule has 95 heavy (non-hydrogen) atoms. The number of benzene rings is 1. The second-order valence-electron chi connectivity index (χ2n) is 24.6. The van der Waals surface area contributed by atoms with Crippen LogP contribution >= 0.6 is 0 Å². The van der Waals surface area contributed by atoms with Crippen molar-refractivity contribution in [3.63, 3.8) is 0 Å². The molecule has 0 saturated carbocycles. The van der Waals surface area contributed by atoms with Gasteiger partial charge < -0.3 is 80.3 Å². The van der Waals surface area contributed by atoms with Crippen LogP contribution in [0, 0.1) is 36.0 Å². The molecule has 0 aliphatic carbocycles. The minimum absolute atomic E-state index is 0.000117. The quantitative estimate of drug-likeness (QED) is 0.0277. The number of likely N-dealkylation sites (N-methyl/N-ethyl adjacent to an activating group) is 2. The van der Waals surface area contributed by atoms with Gasteiger partial charge in [-0.05, 0) is 61.8 Å². The van der Waals surface area contributed by atoms with Crippen molar-refractivity contribution < 1.29 is 86.3 Å². The smallest absolute Gasteiger partial charge is 0.328 e. The standard InChI is InChI=1S/C67H108N10O18/c1-15-45(7)61(51(91-12)42-57(83)77-34-22-25-50(77)62(92-13)46(8)63(86)72-49(67(90)93-14)41-48-23-18-17-19-24-48)75(11)66(89)59(43(3)4)73-65(88)60(44(5)6)74(10)55(81)26-20-32-70-64(87)47(9)71-54(80)30-37-94-39-40-95-38-33-69-53(79)28-35-76(36-29-58(84)85)56(82)27-21-31-68-52(78)16-2/h2,17-19,23-24,43-47,49-51,59-62H,15,20-22,25-42H2,1,3-14H3,(H,68,78)(H,69,79)(H,70,87)(H,71,80)(H,72,86)(H,73,88)(H,84,85)/t45-,46+,47?,49-,50-,51+,59-,60-,61-,62+/m0/s1. The van der Waals surface area contributed by atoms with Crippen LogP contribution in [0.1, 0.15) is 132 Å². The highest BCUT2D eigenvalue weighted by molar-refractivity contribution is 5.94.